The second-order valence-electron chi connectivity index (χ2n) is 5.42. The van der Waals surface area contributed by atoms with Gasteiger partial charge in [0.05, 0.1) is 29.4 Å². The Hall–Kier alpha value is -2.94. The topological polar surface area (TPSA) is 140 Å². The summed E-state index contributed by atoms with van der Waals surface area (Å²) in [6, 6.07) is 3.81. The van der Waals surface area contributed by atoms with Crippen LogP contribution >= 0.6 is 0 Å². The lowest BCUT2D eigenvalue weighted by Gasteiger charge is -2.20. The SMILES string of the molecule is CC(C)[C@H](CO)Nc1ncnc2[nH]c(-c3ccn[nH]3)cc12.O=CO. The predicted molar refractivity (Wildman–Crippen MR) is 89.5 cm³/mol. The molecule has 0 fully saturated rings. The van der Waals surface area contributed by atoms with Gasteiger partial charge in [0.1, 0.15) is 17.8 Å². The van der Waals surface area contributed by atoms with Crippen LogP contribution in [0.3, 0.4) is 0 Å². The van der Waals surface area contributed by atoms with Gasteiger partial charge in [0.2, 0.25) is 0 Å². The first-order chi connectivity index (χ1) is 11.6. The predicted octanol–water partition coefficient (Wildman–Crippen LogP) is 1.48. The number of fused-ring (bicyclic) bond motifs is 1. The zero-order valence-corrected chi connectivity index (χ0v) is 13.4. The van der Waals surface area contributed by atoms with Crippen LogP contribution in [0.2, 0.25) is 0 Å². The Morgan fingerprint density at radius 1 is 1.33 bits per heavy atom. The van der Waals surface area contributed by atoms with Gasteiger partial charge in [0.25, 0.3) is 6.47 Å². The van der Waals surface area contributed by atoms with Crippen molar-refractivity contribution in [2.45, 2.75) is 19.9 Å². The van der Waals surface area contributed by atoms with E-state index in [4.69, 9.17) is 9.90 Å². The molecule has 3 aromatic rings. The normalized spacial score (nSPS) is 11.8. The molecule has 0 aliphatic carbocycles. The van der Waals surface area contributed by atoms with Crippen LogP contribution in [0.25, 0.3) is 22.4 Å². The van der Waals surface area contributed by atoms with Gasteiger partial charge in [-0.1, -0.05) is 13.8 Å². The molecule has 3 aromatic heterocycles. The minimum Gasteiger partial charge on any atom is -0.483 e. The Bertz CT molecular complexity index is 769. The van der Waals surface area contributed by atoms with Crippen molar-refractivity contribution < 1.29 is 15.0 Å². The highest BCUT2D eigenvalue weighted by atomic mass is 16.3. The van der Waals surface area contributed by atoms with Gasteiger partial charge in [0.15, 0.2) is 0 Å². The molecule has 24 heavy (non-hydrogen) atoms. The van der Waals surface area contributed by atoms with E-state index in [1.54, 1.807) is 6.20 Å². The number of H-pyrrole nitrogens is 2. The third kappa shape index (κ3) is 3.87. The number of carbonyl (C=O) groups is 1. The summed E-state index contributed by atoms with van der Waals surface area (Å²) in [6.45, 7) is 3.92. The van der Waals surface area contributed by atoms with E-state index in [2.05, 4.69) is 44.3 Å². The van der Waals surface area contributed by atoms with Crippen LogP contribution in [0.5, 0.6) is 0 Å². The molecule has 5 N–H and O–H groups in total. The lowest BCUT2D eigenvalue weighted by Crippen LogP contribution is -2.29. The number of aliphatic hydroxyl groups excluding tert-OH is 1. The number of carboxylic acid groups (broad SMARTS) is 1. The molecular formula is C15H20N6O3. The first-order valence-corrected chi connectivity index (χ1v) is 7.39. The van der Waals surface area contributed by atoms with Crippen LogP contribution in [-0.4, -0.2) is 54.5 Å². The molecule has 0 aliphatic heterocycles. The molecule has 0 radical (unpaired) electrons. The summed E-state index contributed by atoms with van der Waals surface area (Å²) < 4.78 is 0. The maximum atomic E-state index is 9.46. The highest BCUT2D eigenvalue weighted by molar-refractivity contribution is 5.91. The van der Waals surface area contributed by atoms with Gasteiger partial charge in [0, 0.05) is 6.20 Å². The van der Waals surface area contributed by atoms with Crippen molar-refractivity contribution in [1.82, 2.24) is 25.1 Å². The molecule has 1 atom stereocenters. The minimum atomic E-state index is -0.250. The molecule has 0 saturated heterocycles. The van der Waals surface area contributed by atoms with E-state index in [-0.39, 0.29) is 19.1 Å². The quantitative estimate of drug-likeness (QED) is 0.446. The van der Waals surface area contributed by atoms with Gasteiger partial charge in [-0.2, -0.15) is 5.10 Å². The second-order valence-corrected chi connectivity index (χ2v) is 5.42. The van der Waals surface area contributed by atoms with Crippen molar-refractivity contribution in [3.8, 4) is 11.4 Å². The van der Waals surface area contributed by atoms with Gasteiger partial charge in [-0.3, -0.25) is 9.89 Å². The van der Waals surface area contributed by atoms with Crippen LogP contribution < -0.4 is 5.32 Å². The summed E-state index contributed by atoms with van der Waals surface area (Å²) in [5, 5.41) is 27.4. The van der Waals surface area contributed by atoms with Crippen LogP contribution in [0, 0.1) is 5.92 Å². The van der Waals surface area contributed by atoms with Crippen LogP contribution in [-0.2, 0) is 4.79 Å². The molecule has 0 aliphatic rings. The smallest absolute Gasteiger partial charge is 0.290 e. The lowest BCUT2D eigenvalue weighted by atomic mass is 10.1. The van der Waals surface area contributed by atoms with E-state index in [0.717, 1.165) is 28.2 Å². The Balaban J connectivity index is 0.000000647. The minimum absolute atomic E-state index is 0.0476. The first-order valence-electron chi connectivity index (χ1n) is 7.39. The molecule has 9 nitrogen and oxygen atoms in total. The molecule has 3 rings (SSSR count). The average Bonchev–Trinajstić information content (AvgIpc) is 3.21. The summed E-state index contributed by atoms with van der Waals surface area (Å²) >= 11 is 0. The molecule has 9 heteroatoms. The average molecular weight is 332 g/mol. The van der Waals surface area contributed by atoms with Crippen molar-refractivity contribution in [2.24, 2.45) is 5.92 Å². The highest BCUT2D eigenvalue weighted by Gasteiger charge is 2.16. The van der Waals surface area contributed by atoms with E-state index in [1.165, 1.54) is 6.33 Å². The standard InChI is InChI=1S/C14H18N6O.CH2O2/c1-8(2)12(6-21)19-14-9-5-11(10-3-4-17-20-10)18-13(9)15-7-16-14;2-1-3/h3-5,7-8,12,21H,6H2,1-2H3,(H,17,20)(H2,15,16,18,19);1H,(H,2,3)/t12-;/m0./s1. The number of anilines is 1. The van der Waals surface area contributed by atoms with Gasteiger partial charge < -0.3 is 20.5 Å². The fourth-order valence-electron chi connectivity index (χ4n) is 2.20. The summed E-state index contributed by atoms with van der Waals surface area (Å²) in [6.07, 6.45) is 3.21. The number of aliphatic hydroxyl groups is 1. The van der Waals surface area contributed by atoms with Crippen molar-refractivity contribution in [2.75, 3.05) is 11.9 Å². The van der Waals surface area contributed by atoms with Crippen molar-refractivity contribution >= 4 is 23.3 Å². The summed E-state index contributed by atoms with van der Waals surface area (Å²) in [5.41, 5.74) is 2.54. The molecule has 0 aromatic carbocycles. The molecule has 0 amide bonds. The van der Waals surface area contributed by atoms with Crippen LogP contribution in [0.15, 0.2) is 24.7 Å². The van der Waals surface area contributed by atoms with Gasteiger partial charge in [-0.05, 0) is 18.1 Å². The fourth-order valence-corrected chi connectivity index (χ4v) is 2.20. The maximum absolute atomic E-state index is 9.46. The third-order valence-corrected chi connectivity index (χ3v) is 3.54. The van der Waals surface area contributed by atoms with Gasteiger partial charge in [-0.25, -0.2) is 9.97 Å². The van der Waals surface area contributed by atoms with E-state index < -0.39 is 0 Å². The van der Waals surface area contributed by atoms with Crippen LogP contribution in [0.4, 0.5) is 5.82 Å². The van der Waals surface area contributed by atoms with Crippen molar-refractivity contribution in [3.05, 3.63) is 24.7 Å². The Labute approximate surface area is 138 Å². The maximum Gasteiger partial charge on any atom is 0.290 e. The number of aromatic amines is 2. The Morgan fingerprint density at radius 3 is 2.67 bits per heavy atom. The molecule has 0 unspecified atom stereocenters. The number of hydrogen-bond donors (Lipinski definition) is 5. The Kier molecular flexibility index (Phi) is 5.85. The van der Waals surface area contributed by atoms with E-state index in [9.17, 15) is 5.11 Å². The summed E-state index contributed by atoms with van der Waals surface area (Å²) in [7, 11) is 0. The van der Waals surface area contributed by atoms with E-state index in [1.807, 2.05) is 12.1 Å². The monoisotopic (exact) mass is 332 g/mol. The molecule has 3 heterocycles. The van der Waals surface area contributed by atoms with Crippen molar-refractivity contribution in [1.29, 1.82) is 0 Å². The lowest BCUT2D eigenvalue weighted by molar-refractivity contribution is -0.122. The summed E-state index contributed by atoms with van der Waals surface area (Å²) in [4.78, 5) is 20.1. The molecule has 0 saturated carbocycles. The zero-order valence-electron chi connectivity index (χ0n) is 13.4. The Morgan fingerprint density at radius 2 is 2.08 bits per heavy atom. The highest BCUT2D eigenvalue weighted by Crippen LogP contribution is 2.26. The number of hydrogen-bond acceptors (Lipinski definition) is 6. The van der Waals surface area contributed by atoms with Crippen molar-refractivity contribution in [3.63, 3.8) is 0 Å². The molecule has 0 spiro atoms. The van der Waals surface area contributed by atoms with E-state index in [0.29, 0.717) is 5.92 Å². The number of rotatable bonds is 5. The number of nitrogens with zero attached hydrogens (tertiary/aromatic N) is 3. The fraction of sp³-hybridized carbons (Fsp3) is 0.333. The third-order valence-electron chi connectivity index (χ3n) is 3.54. The van der Waals surface area contributed by atoms with E-state index >= 15 is 0 Å². The molecule has 0 bridgehead atoms. The number of nitrogens with one attached hydrogen (secondary N) is 3. The van der Waals surface area contributed by atoms with Gasteiger partial charge in [-0.15, -0.1) is 0 Å². The first kappa shape index (κ1) is 17.4. The van der Waals surface area contributed by atoms with Gasteiger partial charge >= 0.3 is 0 Å². The molecule has 128 valence electrons. The largest absolute Gasteiger partial charge is 0.483 e. The molecular weight excluding hydrogens is 312 g/mol. The number of aromatic nitrogens is 5. The zero-order chi connectivity index (χ0) is 17.5. The second kappa shape index (κ2) is 8.06. The van der Waals surface area contributed by atoms with Crippen LogP contribution in [0.1, 0.15) is 13.8 Å². The summed E-state index contributed by atoms with van der Waals surface area (Å²) in [5.74, 6) is 1.01.